The molecule has 0 radical (unpaired) electrons. The van der Waals surface area contributed by atoms with Crippen LogP contribution in [0.3, 0.4) is 0 Å². The monoisotopic (exact) mass is 441 g/mol. The van der Waals surface area contributed by atoms with E-state index < -0.39 is 0 Å². The maximum atomic E-state index is 12.2. The molecule has 0 spiro atoms. The largest absolute Gasteiger partial charge is 0.497 e. The highest BCUT2D eigenvalue weighted by Crippen LogP contribution is 2.22. The molecular weight excluding hydrogens is 406 g/mol. The van der Waals surface area contributed by atoms with Crippen LogP contribution in [-0.2, 0) is 22.5 Å². The summed E-state index contributed by atoms with van der Waals surface area (Å²) in [5.41, 5.74) is 1.16. The lowest BCUT2D eigenvalue weighted by atomic mass is 10.0. The number of carbonyl (C=O) groups excluding carboxylic acids is 1. The summed E-state index contributed by atoms with van der Waals surface area (Å²) < 4.78 is 12.4. The Bertz CT molecular complexity index is 892. The summed E-state index contributed by atoms with van der Waals surface area (Å²) in [6, 6.07) is 7.88. The number of nitrogens with zero attached hydrogens (tertiary/aromatic N) is 4. The molecule has 1 aromatic carbocycles. The van der Waals surface area contributed by atoms with E-state index in [0.717, 1.165) is 62.0 Å². The molecule has 2 heterocycles. The third-order valence-corrected chi connectivity index (χ3v) is 5.57. The van der Waals surface area contributed by atoms with Gasteiger partial charge in [-0.3, -0.25) is 9.69 Å². The lowest BCUT2D eigenvalue weighted by molar-refractivity contribution is -0.125. The van der Waals surface area contributed by atoms with Gasteiger partial charge >= 0.3 is 0 Å². The third-order valence-electron chi connectivity index (χ3n) is 5.57. The van der Waals surface area contributed by atoms with Crippen LogP contribution in [0.1, 0.15) is 43.5 Å². The van der Waals surface area contributed by atoms with E-state index in [-0.39, 0.29) is 18.6 Å². The molecule has 0 fully saturated rings. The molecule has 0 unspecified atom stereocenters. The van der Waals surface area contributed by atoms with E-state index in [4.69, 9.17) is 9.47 Å². The van der Waals surface area contributed by atoms with Crippen LogP contribution in [0.25, 0.3) is 6.08 Å². The van der Waals surface area contributed by atoms with Crippen molar-refractivity contribution in [3.63, 3.8) is 0 Å². The second-order valence-electron chi connectivity index (χ2n) is 8.53. The van der Waals surface area contributed by atoms with E-state index in [2.05, 4.69) is 63.1 Å². The van der Waals surface area contributed by atoms with Crippen LogP contribution in [0.2, 0.25) is 0 Å². The van der Waals surface area contributed by atoms with Crippen LogP contribution in [0.15, 0.2) is 30.3 Å². The number of benzene rings is 1. The first-order valence-electron chi connectivity index (χ1n) is 11.2. The normalized spacial score (nSPS) is 15.5. The molecule has 8 nitrogen and oxygen atoms in total. The smallest absolute Gasteiger partial charge is 0.246 e. The zero-order chi connectivity index (χ0) is 22.9. The minimum atomic E-state index is -0.166. The van der Waals surface area contributed by atoms with Crippen molar-refractivity contribution < 1.29 is 14.3 Å². The Hall–Kier alpha value is -2.71. The van der Waals surface area contributed by atoms with Gasteiger partial charge in [0.25, 0.3) is 0 Å². The van der Waals surface area contributed by atoms with Gasteiger partial charge in [0.15, 0.2) is 5.82 Å². The quantitative estimate of drug-likeness (QED) is 0.611. The zero-order valence-electron chi connectivity index (χ0n) is 19.6. The summed E-state index contributed by atoms with van der Waals surface area (Å²) >= 11 is 0. The molecule has 1 aromatic heterocycles. The van der Waals surface area contributed by atoms with Gasteiger partial charge in [0.1, 0.15) is 18.2 Å². The average Bonchev–Trinajstić information content (AvgIpc) is 3.07. The number of ether oxygens (including phenoxy) is 2. The lowest BCUT2D eigenvalue weighted by Crippen LogP contribution is -2.34. The minimum Gasteiger partial charge on any atom is -0.497 e. The van der Waals surface area contributed by atoms with Crippen LogP contribution in [0.5, 0.6) is 5.75 Å². The second kappa shape index (κ2) is 11.8. The molecule has 1 atom stereocenters. The maximum Gasteiger partial charge on any atom is 0.246 e. The van der Waals surface area contributed by atoms with Gasteiger partial charge in [-0.2, -0.15) is 0 Å². The molecule has 1 amide bonds. The number of hydrogen-bond donors (Lipinski definition) is 1. The van der Waals surface area contributed by atoms with Gasteiger partial charge in [-0.05, 0) is 30.0 Å². The van der Waals surface area contributed by atoms with Crippen molar-refractivity contribution in [3.8, 4) is 5.75 Å². The Morgan fingerprint density at radius 1 is 1.16 bits per heavy atom. The average molecular weight is 442 g/mol. The van der Waals surface area contributed by atoms with Gasteiger partial charge in [0, 0.05) is 39.7 Å². The molecule has 1 N–H and O–H groups in total. The summed E-state index contributed by atoms with van der Waals surface area (Å²) in [4.78, 5) is 14.6. The van der Waals surface area contributed by atoms with E-state index in [1.807, 2.05) is 12.1 Å². The van der Waals surface area contributed by atoms with Crippen LogP contribution in [0.4, 0.5) is 0 Å². The molecule has 8 heteroatoms. The van der Waals surface area contributed by atoms with Crippen LogP contribution < -0.4 is 10.1 Å². The fourth-order valence-electron chi connectivity index (χ4n) is 3.95. The summed E-state index contributed by atoms with van der Waals surface area (Å²) in [6.07, 6.45) is 5.98. The van der Waals surface area contributed by atoms with Crippen molar-refractivity contribution >= 4 is 12.0 Å². The molecule has 0 aliphatic carbocycles. The first-order chi connectivity index (χ1) is 15.5. The number of rotatable bonds is 10. The highest BCUT2D eigenvalue weighted by atomic mass is 16.5. The molecule has 2 aromatic rings. The van der Waals surface area contributed by atoms with Crippen molar-refractivity contribution in [2.24, 2.45) is 5.92 Å². The fraction of sp³-hybridized carbons (Fsp3) is 0.542. The first-order valence-corrected chi connectivity index (χ1v) is 11.2. The van der Waals surface area contributed by atoms with Crippen LogP contribution >= 0.6 is 0 Å². The van der Waals surface area contributed by atoms with Crippen LogP contribution in [0, 0.1) is 5.92 Å². The number of fused-ring (bicyclic) bond motifs is 1. The Morgan fingerprint density at radius 3 is 2.62 bits per heavy atom. The predicted molar refractivity (Wildman–Crippen MR) is 124 cm³/mol. The van der Waals surface area contributed by atoms with Crippen molar-refractivity contribution in [1.82, 2.24) is 25.0 Å². The highest BCUT2D eigenvalue weighted by Gasteiger charge is 2.25. The molecule has 1 aliphatic rings. The molecule has 0 bridgehead atoms. The summed E-state index contributed by atoms with van der Waals surface area (Å²) in [7, 11) is 3.20. The predicted octanol–water partition coefficient (Wildman–Crippen LogP) is 2.71. The van der Waals surface area contributed by atoms with Crippen molar-refractivity contribution in [2.45, 2.75) is 39.3 Å². The Labute approximate surface area is 190 Å². The Balaban J connectivity index is 1.62. The lowest BCUT2D eigenvalue weighted by Gasteiger charge is -2.21. The molecule has 0 saturated heterocycles. The second-order valence-corrected chi connectivity index (χ2v) is 8.53. The van der Waals surface area contributed by atoms with Crippen molar-refractivity contribution in [3.05, 3.63) is 47.6 Å². The number of nitrogens with one attached hydrogen (secondary N) is 1. The summed E-state index contributed by atoms with van der Waals surface area (Å²) in [6.45, 7) is 7.85. The van der Waals surface area contributed by atoms with E-state index >= 15 is 0 Å². The van der Waals surface area contributed by atoms with E-state index in [0.29, 0.717) is 5.92 Å². The Morgan fingerprint density at radius 2 is 1.94 bits per heavy atom. The minimum absolute atomic E-state index is 0.0455. The van der Waals surface area contributed by atoms with Gasteiger partial charge in [0.05, 0.1) is 13.2 Å². The number of hydrogen-bond acceptors (Lipinski definition) is 6. The SMILES string of the molecule is COCC(=O)N[C@@H](CC(C)C)c1nnc2n1CCN(C/C=C/c1ccc(OC)cc1)CC2. The van der Waals surface area contributed by atoms with Gasteiger partial charge in [-0.1, -0.05) is 38.1 Å². The molecule has 32 heavy (non-hydrogen) atoms. The maximum absolute atomic E-state index is 12.2. The summed E-state index contributed by atoms with van der Waals surface area (Å²) in [5, 5.41) is 12.0. The molecule has 0 saturated carbocycles. The molecule has 3 rings (SSSR count). The fourth-order valence-corrected chi connectivity index (χ4v) is 3.95. The van der Waals surface area contributed by atoms with Gasteiger partial charge in [0.2, 0.25) is 5.91 Å². The first kappa shape index (κ1) is 23.9. The van der Waals surface area contributed by atoms with Crippen molar-refractivity contribution in [2.75, 3.05) is 40.5 Å². The Kier molecular flexibility index (Phi) is 8.81. The number of aromatic nitrogens is 3. The molecular formula is C24H35N5O3. The number of amides is 1. The highest BCUT2D eigenvalue weighted by molar-refractivity contribution is 5.77. The van der Waals surface area contributed by atoms with E-state index in [1.54, 1.807) is 7.11 Å². The van der Waals surface area contributed by atoms with E-state index in [9.17, 15) is 4.79 Å². The van der Waals surface area contributed by atoms with Crippen molar-refractivity contribution in [1.29, 1.82) is 0 Å². The number of methoxy groups -OCH3 is 2. The molecule has 1 aliphatic heterocycles. The van der Waals surface area contributed by atoms with Gasteiger partial charge < -0.3 is 19.4 Å². The standard InChI is InChI=1S/C24H35N5O3/c1-18(2)16-21(25-23(30)17-31-3)24-27-26-22-11-13-28(14-15-29(22)24)12-5-6-19-7-9-20(32-4)10-8-19/h5-10,18,21H,11-17H2,1-4H3,(H,25,30)/b6-5+/t21-/m0/s1. The van der Waals surface area contributed by atoms with Gasteiger partial charge in [-0.15, -0.1) is 10.2 Å². The van der Waals surface area contributed by atoms with Gasteiger partial charge in [-0.25, -0.2) is 0 Å². The third kappa shape index (κ3) is 6.64. The zero-order valence-corrected chi connectivity index (χ0v) is 19.6. The number of carbonyl (C=O) groups is 1. The topological polar surface area (TPSA) is 81.5 Å². The summed E-state index contributed by atoms with van der Waals surface area (Å²) in [5.74, 6) is 2.98. The van der Waals surface area contributed by atoms with E-state index in [1.165, 1.54) is 7.11 Å². The van der Waals surface area contributed by atoms with Crippen LogP contribution in [-0.4, -0.2) is 66.0 Å². The molecule has 174 valence electrons.